The zero-order valence-electron chi connectivity index (χ0n) is 14.0. The smallest absolute Gasteiger partial charge is 0.244 e. The summed E-state index contributed by atoms with van der Waals surface area (Å²) in [4.78, 5) is 20.4. The molecule has 0 spiro atoms. The first kappa shape index (κ1) is 17.0. The number of nitrogens with one attached hydrogen (secondary N) is 3. The molecule has 3 heterocycles. The van der Waals surface area contributed by atoms with Gasteiger partial charge in [-0.2, -0.15) is 0 Å². The van der Waals surface area contributed by atoms with E-state index in [9.17, 15) is 13.6 Å². The van der Waals surface area contributed by atoms with Gasteiger partial charge < -0.3 is 5.32 Å². The number of hydrazine groups is 1. The number of nitrogens with zero attached hydrogens (tertiary/aromatic N) is 2. The van der Waals surface area contributed by atoms with Gasteiger partial charge in [-0.1, -0.05) is 6.07 Å². The Hall–Kier alpha value is -2.45. The number of fused-ring (bicyclic) bond motifs is 1. The second-order valence-corrected chi connectivity index (χ2v) is 6.81. The van der Waals surface area contributed by atoms with Crippen molar-refractivity contribution >= 4 is 11.7 Å². The third-order valence-electron chi connectivity index (χ3n) is 5.24. The molecule has 3 N–H and O–H groups in total. The van der Waals surface area contributed by atoms with Crippen LogP contribution in [0.4, 0.5) is 14.6 Å². The van der Waals surface area contributed by atoms with Crippen molar-refractivity contribution in [3.63, 3.8) is 0 Å². The number of carbonyl (C=O) groups is 1. The van der Waals surface area contributed by atoms with Crippen LogP contribution in [0.1, 0.15) is 30.7 Å². The summed E-state index contributed by atoms with van der Waals surface area (Å²) < 4.78 is 26.7. The van der Waals surface area contributed by atoms with Crippen LogP contribution in [0.5, 0.6) is 0 Å². The summed E-state index contributed by atoms with van der Waals surface area (Å²) in [5.74, 6) is -1.92. The molecule has 0 bridgehead atoms. The summed E-state index contributed by atoms with van der Waals surface area (Å²) in [5.41, 5.74) is 7.36. The molecule has 1 aliphatic carbocycles. The Bertz CT molecular complexity index is 803. The monoisotopic (exact) mass is 359 g/mol. The molecule has 26 heavy (non-hydrogen) atoms. The van der Waals surface area contributed by atoms with Crippen LogP contribution in [0, 0.1) is 17.6 Å². The normalized spacial score (nSPS) is 27.8. The fourth-order valence-electron chi connectivity index (χ4n) is 3.94. The van der Waals surface area contributed by atoms with Gasteiger partial charge in [0, 0.05) is 30.4 Å². The van der Waals surface area contributed by atoms with Gasteiger partial charge in [0.15, 0.2) is 11.6 Å². The number of amides is 1. The van der Waals surface area contributed by atoms with E-state index in [2.05, 4.69) is 32.2 Å². The van der Waals surface area contributed by atoms with Crippen LogP contribution in [0.25, 0.3) is 0 Å². The van der Waals surface area contributed by atoms with Crippen molar-refractivity contribution in [2.24, 2.45) is 5.92 Å². The average molecular weight is 359 g/mol. The van der Waals surface area contributed by atoms with Gasteiger partial charge in [0.1, 0.15) is 11.9 Å². The van der Waals surface area contributed by atoms with E-state index in [0.717, 1.165) is 25.5 Å². The summed E-state index contributed by atoms with van der Waals surface area (Å²) in [5, 5.41) is 2.46. The molecule has 0 radical (unpaired) electrons. The van der Waals surface area contributed by atoms with E-state index in [4.69, 9.17) is 0 Å². The Balaban J connectivity index is 1.47. The molecule has 0 aromatic carbocycles. The zero-order chi connectivity index (χ0) is 18.1. The van der Waals surface area contributed by atoms with Crippen molar-refractivity contribution in [2.45, 2.75) is 37.3 Å². The first-order valence-electron chi connectivity index (χ1n) is 8.64. The SMILES string of the molecule is O=C(Nc1ncc(F)cc1F)C1NNC2CCC(c3cccnc3)CC21. The highest BCUT2D eigenvalue weighted by molar-refractivity contribution is 5.94. The standard InChI is InChI=1S/C18H19F2N5O/c19-12-7-14(20)17(22-9-12)23-18(26)16-13-6-10(3-4-15(13)24-25-16)11-2-1-5-21-8-11/h1-2,5,7-10,13,15-16,24-25H,3-4,6H2,(H,22,23,26). The van der Waals surface area contributed by atoms with E-state index in [0.29, 0.717) is 12.0 Å². The molecule has 1 aliphatic heterocycles. The number of hydrogen-bond acceptors (Lipinski definition) is 5. The molecule has 1 saturated heterocycles. The van der Waals surface area contributed by atoms with Gasteiger partial charge >= 0.3 is 0 Å². The maximum absolute atomic E-state index is 13.8. The third kappa shape index (κ3) is 3.30. The topological polar surface area (TPSA) is 78.9 Å². The molecular weight excluding hydrogens is 340 g/mol. The van der Waals surface area contributed by atoms with E-state index in [1.807, 2.05) is 12.3 Å². The Morgan fingerprint density at radius 3 is 2.88 bits per heavy atom. The lowest BCUT2D eigenvalue weighted by molar-refractivity contribution is -0.119. The second kappa shape index (κ2) is 7.05. The lowest BCUT2D eigenvalue weighted by atomic mass is 9.73. The van der Waals surface area contributed by atoms with Crippen LogP contribution in [0.2, 0.25) is 0 Å². The number of pyridine rings is 2. The van der Waals surface area contributed by atoms with Gasteiger partial charge in [0.25, 0.3) is 0 Å². The van der Waals surface area contributed by atoms with Crippen LogP contribution in [-0.2, 0) is 4.79 Å². The fraction of sp³-hybridized carbons (Fsp3) is 0.389. The van der Waals surface area contributed by atoms with Gasteiger partial charge in [-0.15, -0.1) is 0 Å². The van der Waals surface area contributed by atoms with E-state index < -0.39 is 17.7 Å². The average Bonchev–Trinajstić information content (AvgIpc) is 3.08. The number of carbonyl (C=O) groups excluding carboxylic acids is 1. The van der Waals surface area contributed by atoms with Crippen molar-refractivity contribution in [3.05, 3.63) is 54.0 Å². The summed E-state index contributed by atoms with van der Waals surface area (Å²) in [7, 11) is 0. The minimum absolute atomic E-state index is 0.0671. The Morgan fingerprint density at radius 1 is 1.23 bits per heavy atom. The van der Waals surface area contributed by atoms with E-state index in [1.165, 1.54) is 5.56 Å². The van der Waals surface area contributed by atoms with Crippen LogP contribution < -0.4 is 16.2 Å². The summed E-state index contributed by atoms with van der Waals surface area (Å²) in [6.45, 7) is 0. The Kier molecular flexibility index (Phi) is 4.60. The van der Waals surface area contributed by atoms with Crippen molar-refractivity contribution in [1.82, 2.24) is 20.8 Å². The number of hydrogen-bond donors (Lipinski definition) is 3. The molecule has 6 nitrogen and oxygen atoms in total. The number of rotatable bonds is 3. The minimum Gasteiger partial charge on any atom is -0.307 e. The molecule has 4 rings (SSSR count). The highest BCUT2D eigenvalue weighted by atomic mass is 19.1. The van der Waals surface area contributed by atoms with E-state index in [1.54, 1.807) is 6.20 Å². The van der Waals surface area contributed by atoms with Crippen molar-refractivity contribution in [2.75, 3.05) is 5.32 Å². The maximum atomic E-state index is 13.8. The molecule has 2 aromatic heterocycles. The lowest BCUT2D eigenvalue weighted by Crippen LogP contribution is -2.43. The molecular formula is C18H19F2N5O. The molecule has 2 aromatic rings. The Morgan fingerprint density at radius 2 is 2.12 bits per heavy atom. The third-order valence-corrected chi connectivity index (χ3v) is 5.24. The molecule has 136 valence electrons. The highest BCUT2D eigenvalue weighted by Crippen LogP contribution is 2.39. The quantitative estimate of drug-likeness (QED) is 0.782. The zero-order valence-corrected chi connectivity index (χ0v) is 14.0. The summed E-state index contributed by atoms with van der Waals surface area (Å²) >= 11 is 0. The molecule has 1 amide bonds. The predicted octanol–water partition coefficient (Wildman–Crippen LogP) is 2.12. The molecule has 4 atom stereocenters. The molecule has 2 fully saturated rings. The van der Waals surface area contributed by atoms with E-state index in [-0.39, 0.29) is 23.7 Å². The lowest BCUT2D eigenvalue weighted by Gasteiger charge is -2.32. The first-order valence-corrected chi connectivity index (χ1v) is 8.64. The van der Waals surface area contributed by atoms with Gasteiger partial charge in [0.05, 0.1) is 6.20 Å². The van der Waals surface area contributed by atoms with Crippen molar-refractivity contribution in [1.29, 1.82) is 0 Å². The van der Waals surface area contributed by atoms with Gasteiger partial charge in [0.2, 0.25) is 5.91 Å². The van der Waals surface area contributed by atoms with Crippen LogP contribution >= 0.6 is 0 Å². The van der Waals surface area contributed by atoms with E-state index >= 15 is 0 Å². The highest BCUT2D eigenvalue weighted by Gasteiger charge is 2.44. The van der Waals surface area contributed by atoms with Crippen LogP contribution in [0.3, 0.4) is 0 Å². The van der Waals surface area contributed by atoms with Gasteiger partial charge in [-0.3, -0.25) is 15.2 Å². The molecule has 8 heteroatoms. The van der Waals surface area contributed by atoms with Gasteiger partial charge in [-0.05, 0) is 36.8 Å². The fourth-order valence-corrected chi connectivity index (χ4v) is 3.94. The number of aromatic nitrogens is 2. The minimum atomic E-state index is -0.891. The number of halogens is 2. The summed E-state index contributed by atoms with van der Waals surface area (Å²) in [6, 6.07) is 4.35. The van der Waals surface area contributed by atoms with Crippen molar-refractivity contribution < 1.29 is 13.6 Å². The Labute approximate surface area is 149 Å². The first-order chi connectivity index (χ1) is 12.6. The summed E-state index contributed by atoms with van der Waals surface area (Å²) in [6.07, 6.45) is 7.27. The number of anilines is 1. The van der Waals surface area contributed by atoms with Crippen LogP contribution in [-0.4, -0.2) is 28.0 Å². The van der Waals surface area contributed by atoms with Crippen LogP contribution in [0.15, 0.2) is 36.8 Å². The molecule has 1 saturated carbocycles. The molecule has 2 aliphatic rings. The maximum Gasteiger partial charge on any atom is 0.244 e. The largest absolute Gasteiger partial charge is 0.307 e. The predicted molar refractivity (Wildman–Crippen MR) is 90.9 cm³/mol. The van der Waals surface area contributed by atoms with Crippen molar-refractivity contribution in [3.8, 4) is 0 Å². The molecule has 4 unspecified atom stereocenters. The second-order valence-electron chi connectivity index (χ2n) is 6.81. The van der Waals surface area contributed by atoms with Gasteiger partial charge in [-0.25, -0.2) is 19.2 Å².